The van der Waals surface area contributed by atoms with Crippen molar-refractivity contribution < 1.29 is 0 Å². The summed E-state index contributed by atoms with van der Waals surface area (Å²) in [4.78, 5) is 15.0. The van der Waals surface area contributed by atoms with Gasteiger partial charge in [0, 0.05) is 33.0 Å². The van der Waals surface area contributed by atoms with E-state index in [2.05, 4.69) is 162 Å². The number of para-hydroxylation sites is 1. The highest BCUT2D eigenvalue weighted by atomic mass is 15.0. The van der Waals surface area contributed by atoms with Gasteiger partial charge in [0.1, 0.15) is 0 Å². The summed E-state index contributed by atoms with van der Waals surface area (Å²) in [5.41, 5.74) is 10.9. The molecule has 284 valence electrons. The van der Waals surface area contributed by atoms with Crippen molar-refractivity contribution in [3.63, 3.8) is 0 Å². The topological polar surface area (TPSA) is 43.6 Å². The monoisotopic (exact) mass is 776 g/mol. The lowest BCUT2D eigenvalue weighted by Crippen LogP contribution is -2.00. The predicted molar refractivity (Wildman–Crippen MR) is 254 cm³/mol. The van der Waals surface area contributed by atoms with E-state index in [1.54, 1.807) is 0 Å². The number of benzene rings is 10. The summed E-state index contributed by atoms with van der Waals surface area (Å²) in [6.45, 7) is 0. The molecule has 0 amide bonds. The van der Waals surface area contributed by atoms with Crippen LogP contribution in [-0.4, -0.2) is 19.5 Å². The molecule has 0 bridgehead atoms. The van der Waals surface area contributed by atoms with Crippen molar-refractivity contribution in [2.24, 2.45) is 0 Å². The normalized spacial score (nSPS) is 11.6. The zero-order chi connectivity index (χ0) is 40.3. The van der Waals surface area contributed by atoms with Crippen molar-refractivity contribution >= 4 is 54.1 Å². The van der Waals surface area contributed by atoms with Crippen LogP contribution in [0.2, 0.25) is 0 Å². The molecule has 61 heavy (non-hydrogen) atoms. The zero-order valence-corrected chi connectivity index (χ0v) is 33.1. The molecule has 0 unspecified atom stereocenters. The molecule has 0 radical (unpaired) electrons. The number of aromatic nitrogens is 4. The minimum absolute atomic E-state index is 0.631. The molecule has 0 atom stereocenters. The third-order valence-electron chi connectivity index (χ3n) is 12.0. The second-order valence-corrected chi connectivity index (χ2v) is 15.5. The molecule has 0 fully saturated rings. The van der Waals surface area contributed by atoms with E-state index in [1.165, 1.54) is 54.2 Å². The third-order valence-corrected chi connectivity index (χ3v) is 12.0. The molecule has 10 aromatic carbocycles. The van der Waals surface area contributed by atoms with Crippen LogP contribution in [-0.2, 0) is 0 Å². The summed E-state index contributed by atoms with van der Waals surface area (Å²) in [7, 11) is 0. The van der Waals surface area contributed by atoms with Gasteiger partial charge in [0.25, 0.3) is 0 Å². The zero-order valence-electron chi connectivity index (χ0n) is 33.1. The Morgan fingerprint density at radius 1 is 0.262 bits per heavy atom. The van der Waals surface area contributed by atoms with Gasteiger partial charge in [-0.25, -0.2) is 15.0 Å². The Labute approximate surface area is 352 Å². The minimum Gasteiger partial charge on any atom is -0.309 e. The summed E-state index contributed by atoms with van der Waals surface area (Å²) in [5.74, 6) is 1.92. The summed E-state index contributed by atoms with van der Waals surface area (Å²) < 4.78 is 2.48. The van der Waals surface area contributed by atoms with Gasteiger partial charge in [-0.3, -0.25) is 0 Å². The molecular weight excluding hydrogens is 741 g/mol. The highest BCUT2D eigenvalue weighted by molar-refractivity contribution is 6.26. The van der Waals surface area contributed by atoms with E-state index in [-0.39, 0.29) is 0 Å². The molecule has 4 heteroatoms. The average molecular weight is 777 g/mol. The molecular formula is C57H36N4. The summed E-state index contributed by atoms with van der Waals surface area (Å²) in [6.07, 6.45) is 0. The first-order valence-corrected chi connectivity index (χ1v) is 20.7. The van der Waals surface area contributed by atoms with Crippen molar-refractivity contribution in [1.29, 1.82) is 0 Å². The maximum Gasteiger partial charge on any atom is 0.164 e. The highest BCUT2D eigenvalue weighted by Crippen LogP contribution is 2.44. The predicted octanol–water partition coefficient (Wildman–Crippen LogP) is 14.8. The molecule has 0 spiro atoms. The number of fused-ring (bicyclic) bond motifs is 9. The molecule has 12 rings (SSSR count). The van der Waals surface area contributed by atoms with E-state index in [0.717, 1.165) is 44.5 Å². The Kier molecular flexibility index (Phi) is 8.13. The number of hydrogen-bond donors (Lipinski definition) is 0. The summed E-state index contributed by atoms with van der Waals surface area (Å²) in [5, 5.41) is 9.89. The fourth-order valence-corrected chi connectivity index (χ4v) is 9.23. The fraction of sp³-hybridized carbons (Fsp3) is 0. The Morgan fingerprint density at radius 3 is 1.21 bits per heavy atom. The van der Waals surface area contributed by atoms with Crippen molar-refractivity contribution in [3.8, 4) is 62.1 Å². The van der Waals surface area contributed by atoms with Gasteiger partial charge in [-0.1, -0.05) is 194 Å². The maximum absolute atomic E-state index is 5.04. The molecule has 2 aromatic heterocycles. The molecule has 4 nitrogen and oxygen atoms in total. The lowest BCUT2D eigenvalue weighted by Gasteiger charge is -2.19. The van der Waals surface area contributed by atoms with Gasteiger partial charge >= 0.3 is 0 Å². The van der Waals surface area contributed by atoms with Gasteiger partial charge in [-0.2, -0.15) is 0 Å². The van der Waals surface area contributed by atoms with Crippen LogP contribution < -0.4 is 0 Å². The highest BCUT2D eigenvalue weighted by Gasteiger charge is 2.21. The van der Waals surface area contributed by atoms with Crippen LogP contribution >= 0.6 is 0 Å². The first kappa shape index (κ1) is 34.8. The van der Waals surface area contributed by atoms with Gasteiger partial charge in [-0.15, -0.1) is 0 Å². The Hall–Kier alpha value is -8.21. The van der Waals surface area contributed by atoms with Crippen LogP contribution in [0.4, 0.5) is 0 Å². The van der Waals surface area contributed by atoms with E-state index in [4.69, 9.17) is 15.0 Å². The molecule has 0 saturated heterocycles. The van der Waals surface area contributed by atoms with E-state index in [0.29, 0.717) is 17.5 Å². The van der Waals surface area contributed by atoms with Crippen LogP contribution in [0.15, 0.2) is 218 Å². The van der Waals surface area contributed by atoms with Crippen molar-refractivity contribution in [2.45, 2.75) is 0 Å². The number of hydrogen-bond acceptors (Lipinski definition) is 3. The molecule has 0 saturated carbocycles. The quantitative estimate of drug-likeness (QED) is 0.158. The molecule has 0 N–H and O–H groups in total. The van der Waals surface area contributed by atoms with Gasteiger partial charge in [0.05, 0.1) is 16.7 Å². The summed E-state index contributed by atoms with van der Waals surface area (Å²) in [6, 6.07) is 77.8. The van der Waals surface area contributed by atoms with Crippen LogP contribution in [0, 0.1) is 0 Å². The first-order chi connectivity index (χ1) is 30.3. The Bertz CT molecular complexity index is 3560. The fourth-order valence-electron chi connectivity index (χ4n) is 9.23. The van der Waals surface area contributed by atoms with E-state index >= 15 is 0 Å². The van der Waals surface area contributed by atoms with Crippen molar-refractivity contribution in [2.75, 3.05) is 0 Å². The second-order valence-electron chi connectivity index (χ2n) is 15.5. The first-order valence-electron chi connectivity index (χ1n) is 20.7. The van der Waals surface area contributed by atoms with Crippen LogP contribution in [0.3, 0.4) is 0 Å². The van der Waals surface area contributed by atoms with E-state index in [1.807, 2.05) is 60.7 Å². The molecule has 0 aliphatic heterocycles. The largest absolute Gasteiger partial charge is 0.309 e. The van der Waals surface area contributed by atoms with Gasteiger partial charge in [0.15, 0.2) is 17.5 Å². The number of rotatable bonds is 6. The molecule has 0 aliphatic rings. The maximum atomic E-state index is 5.04. The average Bonchev–Trinajstić information content (AvgIpc) is 3.69. The minimum atomic E-state index is 0.631. The number of nitrogens with zero attached hydrogens (tertiary/aromatic N) is 4. The Balaban J connectivity index is 1.12. The van der Waals surface area contributed by atoms with Crippen LogP contribution in [0.5, 0.6) is 0 Å². The smallest absolute Gasteiger partial charge is 0.164 e. The van der Waals surface area contributed by atoms with Gasteiger partial charge in [0.2, 0.25) is 0 Å². The SMILES string of the molecule is c1ccc(-c2nc(-c3ccccc3)nc(-c3ccc(-c4cc5c6ccccc6c6ccccc6c5cc4-n4c5ccccc5c5c(-c6ccccc6)cccc54)cc3)n2)cc1. The van der Waals surface area contributed by atoms with E-state index in [9.17, 15) is 0 Å². The lowest BCUT2D eigenvalue weighted by atomic mass is 9.90. The molecule has 0 aliphatic carbocycles. The standard InChI is InChI=1S/C57H36N4/c1-4-17-37(18-5-1)42-28-16-30-52-54(42)47-27-14-15-29-51(47)61(52)53-36-50-46-26-13-11-24-44(46)43-23-10-12-25-45(43)49(50)35-48(53)38-31-33-41(34-32-38)57-59-55(39-19-6-2-7-20-39)58-56(60-57)40-21-8-3-9-22-40/h1-36H. The van der Waals surface area contributed by atoms with Gasteiger partial charge < -0.3 is 4.57 Å². The third kappa shape index (κ3) is 5.80. The van der Waals surface area contributed by atoms with Crippen molar-refractivity contribution in [1.82, 2.24) is 19.5 Å². The van der Waals surface area contributed by atoms with Crippen LogP contribution in [0.1, 0.15) is 0 Å². The molecule has 2 heterocycles. The van der Waals surface area contributed by atoms with Gasteiger partial charge in [-0.05, 0) is 73.3 Å². The molecule has 12 aromatic rings. The summed E-state index contributed by atoms with van der Waals surface area (Å²) >= 11 is 0. The Morgan fingerprint density at radius 2 is 0.656 bits per heavy atom. The van der Waals surface area contributed by atoms with Crippen LogP contribution in [0.25, 0.3) is 116 Å². The lowest BCUT2D eigenvalue weighted by molar-refractivity contribution is 1.07. The van der Waals surface area contributed by atoms with E-state index < -0.39 is 0 Å². The second kappa shape index (κ2) is 14.3. The van der Waals surface area contributed by atoms with Crippen molar-refractivity contribution in [3.05, 3.63) is 218 Å².